The van der Waals surface area contributed by atoms with Crippen molar-refractivity contribution < 1.29 is 4.79 Å². The minimum Gasteiger partial charge on any atom is -0.346 e. The predicted octanol–water partition coefficient (Wildman–Crippen LogP) is 4.58. The number of hydrogen-bond acceptors (Lipinski definition) is 2. The molecule has 1 aliphatic rings. The van der Waals surface area contributed by atoms with Crippen LogP contribution in [0.2, 0.25) is 5.15 Å². The zero-order valence-corrected chi connectivity index (χ0v) is 14.6. The summed E-state index contributed by atoms with van der Waals surface area (Å²) in [4.78, 5) is 19.7. The second-order valence-electron chi connectivity index (χ2n) is 6.01. The van der Waals surface area contributed by atoms with E-state index in [9.17, 15) is 4.79 Å². The molecule has 1 aromatic heterocycles. The molecule has 0 fully saturated rings. The fourth-order valence-corrected chi connectivity index (χ4v) is 3.22. The molecule has 0 unspecified atom stereocenters. The Labute approximate surface area is 147 Å². The van der Waals surface area contributed by atoms with Crippen LogP contribution in [0.3, 0.4) is 0 Å². The SMILES string of the molecule is CCC(=O)N[C@H]1CC=CCCCc2ccccc2-c2nc1[nH]c2Cl. The Balaban J connectivity index is 2.03. The smallest absolute Gasteiger partial charge is 0.220 e. The fraction of sp³-hybridized carbons (Fsp3) is 0.368. The highest BCUT2D eigenvalue weighted by atomic mass is 35.5. The summed E-state index contributed by atoms with van der Waals surface area (Å²) in [5, 5.41) is 3.55. The Morgan fingerprint density at radius 2 is 2.21 bits per heavy atom. The van der Waals surface area contributed by atoms with E-state index in [-0.39, 0.29) is 11.9 Å². The van der Waals surface area contributed by atoms with Crippen molar-refractivity contribution in [1.82, 2.24) is 15.3 Å². The number of imidazole rings is 1. The van der Waals surface area contributed by atoms with Crippen molar-refractivity contribution in [2.24, 2.45) is 0 Å². The zero-order chi connectivity index (χ0) is 16.9. The fourth-order valence-electron chi connectivity index (χ4n) is 2.98. The second-order valence-corrected chi connectivity index (χ2v) is 6.39. The quantitative estimate of drug-likeness (QED) is 0.784. The van der Waals surface area contributed by atoms with E-state index in [1.807, 2.05) is 19.1 Å². The van der Waals surface area contributed by atoms with E-state index in [0.29, 0.717) is 23.8 Å². The van der Waals surface area contributed by atoms with Crippen molar-refractivity contribution in [3.05, 3.63) is 53.0 Å². The van der Waals surface area contributed by atoms with Crippen molar-refractivity contribution in [2.75, 3.05) is 0 Å². The van der Waals surface area contributed by atoms with Crippen molar-refractivity contribution in [2.45, 2.75) is 45.1 Å². The van der Waals surface area contributed by atoms with Crippen LogP contribution in [0.5, 0.6) is 0 Å². The lowest BCUT2D eigenvalue weighted by atomic mass is 9.99. The third kappa shape index (κ3) is 3.70. The Hall–Kier alpha value is -2.07. The van der Waals surface area contributed by atoms with E-state index in [1.54, 1.807) is 0 Å². The number of benzene rings is 1. The van der Waals surface area contributed by atoms with Gasteiger partial charge in [0.05, 0.1) is 6.04 Å². The van der Waals surface area contributed by atoms with Gasteiger partial charge < -0.3 is 10.3 Å². The van der Waals surface area contributed by atoms with Gasteiger partial charge in [-0.15, -0.1) is 0 Å². The highest BCUT2D eigenvalue weighted by Gasteiger charge is 2.20. The second kappa shape index (κ2) is 7.67. The standard InChI is InChI=1S/C19H22ClN3O/c1-2-16(24)21-15-12-6-4-3-5-9-13-10-7-8-11-14(13)17-18(20)23-19(15)22-17/h4,6-8,10-11,15H,2-3,5,9,12H2,1H3,(H,21,24)(H,22,23)/t15-/m0/s1. The maximum absolute atomic E-state index is 11.8. The summed E-state index contributed by atoms with van der Waals surface area (Å²) in [5.74, 6) is 0.715. The van der Waals surface area contributed by atoms with Gasteiger partial charge >= 0.3 is 0 Å². The van der Waals surface area contributed by atoms with E-state index >= 15 is 0 Å². The maximum atomic E-state index is 11.8. The highest BCUT2D eigenvalue weighted by Crippen LogP contribution is 2.32. The molecular formula is C19H22ClN3O. The number of nitrogens with one attached hydrogen (secondary N) is 2. The molecule has 1 atom stereocenters. The van der Waals surface area contributed by atoms with Crippen LogP contribution in [0, 0.1) is 0 Å². The van der Waals surface area contributed by atoms with Gasteiger partial charge in [0, 0.05) is 12.0 Å². The number of H-pyrrole nitrogens is 1. The lowest BCUT2D eigenvalue weighted by molar-refractivity contribution is -0.121. The highest BCUT2D eigenvalue weighted by molar-refractivity contribution is 6.32. The number of halogens is 1. The summed E-state index contributed by atoms with van der Waals surface area (Å²) < 4.78 is 0. The largest absolute Gasteiger partial charge is 0.346 e. The molecule has 1 aliphatic heterocycles. The van der Waals surface area contributed by atoms with Gasteiger partial charge in [-0.2, -0.15) is 0 Å². The number of allylic oxidation sites excluding steroid dienone is 1. The van der Waals surface area contributed by atoms with Gasteiger partial charge in [0.25, 0.3) is 0 Å². The van der Waals surface area contributed by atoms with E-state index in [4.69, 9.17) is 16.6 Å². The van der Waals surface area contributed by atoms with Crippen molar-refractivity contribution in [3.8, 4) is 11.3 Å². The molecule has 0 radical (unpaired) electrons. The van der Waals surface area contributed by atoms with Gasteiger partial charge in [-0.05, 0) is 31.2 Å². The molecule has 4 nitrogen and oxygen atoms in total. The first kappa shape index (κ1) is 16.8. The Morgan fingerprint density at radius 3 is 3.04 bits per heavy atom. The molecule has 2 heterocycles. The number of amides is 1. The molecule has 0 aliphatic carbocycles. The van der Waals surface area contributed by atoms with Crippen LogP contribution >= 0.6 is 11.6 Å². The van der Waals surface area contributed by atoms with Gasteiger partial charge in [-0.1, -0.05) is 54.9 Å². The first-order chi connectivity index (χ1) is 11.7. The van der Waals surface area contributed by atoms with Crippen LogP contribution in [0.25, 0.3) is 11.3 Å². The van der Waals surface area contributed by atoms with Crippen LogP contribution < -0.4 is 5.32 Å². The van der Waals surface area contributed by atoms with Crippen molar-refractivity contribution in [3.63, 3.8) is 0 Å². The third-order valence-corrected chi connectivity index (χ3v) is 4.57. The molecule has 3 rings (SSSR count). The molecule has 126 valence electrons. The normalized spacial score (nSPS) is 17.5. The number of rotatable bonds is 2. The van der Waals surface area contributed by atoms with Crippen LogP contribution in [-0.2, 0) is 11.2 Å². The average molecular weight is 344 g/mol. The molecule has 0 spiro atoms. The molecule has 2 aromatic rings. The minimum absolute atomic E-state index is 0.00923. The molecule has 1 amide bonds. The van der Waals surface area contributed by atoms with Crippen molar-refractivity contribution in [1.29, 1.82) is 0 Å². The molecule has 24 heavy (non-hydrogen) atoms. The molecule has 2 bridgehead atoms. The summed E-state index contributed by atoms with van der Waals surface area (Å²) in [6.45, 7) is 1.84. The van der Waals surface area contributed by atoms with Crippen LogP contribution in [0.4, 0.5) is 0 Å². The summed E-state index contributed by atoms with van der Waals surface area (Å²) >= 11 is 6.43. The topological polar surface area (TPSA) is 57.8 Å². The molecule has 0 saturated carbocycles. The zero-order valence-electron chi connectivity index (χ0n) is 13.8. The van der Waals surface area contributed by atoms with E-state index in [0.717, 1.165) is 30.5 Å². The Morgan fingerprint density at radius 1 is 1.38 bits per heavy atom. The van der Waals surface area contributed by atoms with E-state index < -0.39 is 0 Å². The molecule has 5 heteroatoms. The molecule has 0 saturated heterocycles. The van der Waals surface area contributed by atoms with Gasteiger partial charge in [0.1, 0.15) is 16.7 Å². The van der Waals surface area contributed by atoms with Crippen LogP contribution in [0.15, 0.2) is 36.4 Å². The van der Waals surface area contributed by atoms with E-state index in [1.165, 1.54) is 5.56 Å². The summed E-state index contributed by atoms with van der Waals surface area (Å²) in [6, 6.07) is 8.05. The lowest BCUT2D eigenvalue weighted by Crippen LogP contribution is -2.28. The van der Waals surface area contributed by atoms with Gasteiger partial charge in [0.2, 0.25) is 5.91 Å². The third-order valence-electron chi connectivity index (χ3n) is 4.29. The van der Waals surface area contributed by atoms with Gasteiger partial charge in [0.15, 0.2) is 0 Å². The Kier molecular flexibility index (Phi) is 5.36. The monoisotopic (exact) mass is 343 g/mol. The van der Waals surface area contributed by atoms with Gasteiger partial charge in [-0.3, -0.25) is 4.79 Å². The minimum atomic E-state index is -0.188. The number of aryl methyl sites for hydroxylation is 1. The Bertz CT molecular complexity index is 751. The van der Waals surface area contributed by atoms with Crippen molar-refractivity contribution >= 4 is 17.5 Å². The molecular weight excluding hydrogens is 322 g/mol. The maximum Gasteiger partial charge on any atom is 0.220 e. The number of carbonyl (C=O) groups is 1. The molecule has 2 N–H and O–H groups in total. The number of nitrogens with zero attached hydrogens (tertiary/aromatic N) is 1. The number of aromatic nitrogens is 2. The van der Waals surface area contributed by atoms with E-state index in [2.05, 4.69) is 34.6 Å². The van der Waals surface area contributed by atoms with Crippen LogP contribution in [-0.4, -0.2) is 15.9 Å². The number of hydrogen-bond donors (Lipinski definition) is 2. The number of fused-ring (bicyclic) bond motifs is 4. The first-order valence-electron chi connectivity index (χ1n) is 8.47. The summed E-state index contributed by atoms with van der Waals surface area (Å²) in [7, 11) is 0. The van der Waals surface area contributed by atoms with Gasteiger partial charge in [-0.25, -0.2) is 4.98 Å². The van der Waals surface area contributed by atoms with Crippen LogP contribution in [0.1, 0.15) is 50.0 Å². The summed E-state index contributed by atoms with van der Waals surface area (Å²) in [5.41, 5.74) is 3.08. The summed E-state index contributed by atoms with van der Waals surface area (Å²) in [6.07, 6.45) is 8.55. The number of aromatic amines is 1. The lowest BCUT2D eigenvalue weighted by Gasteiger charge is -2.15. The average Bonchev–Trinajstić information content (AvgIpc) is 2.97. The predicted molar refractivity (Wildman–Crippen MR) is 96.9 cm³/mol. The molecule has 1 aromatic carbocycles. The first-order valence-corrected chi connectivity index (χ1v) is 8.85. The number of carbonyl (C=O) groups excluding carboxylic acids is 1.